The number of amides is 1. The van der Waals surface area contributed by atoms with Crippen molar-refractivity contribution in [3.05, 3.63) is 34.6 Å². The summed E-state index contributed by atoms with van der Waals surface area (Å²) in [7, 11) is 0. The number of anilines is 1. The number of nitrogens with zero attached hydrogens (tertiary/aromatic N) is 1. The van der Waals surface area contributed by atoms with Crippen LogP contribution in [0.3, 0.4) is 0 Å². The van der Waals surface area contributed by atoms with E-state index in [-0.39, 0.29) is 5.91 Å². The zero-order chi connectivity index (χ0) is 11.4. The van der Waals surface area contributed by atoms with Crippen molar-refractivity contribution in [2.45, 2.75) is 20.8 Å². The fourth-order valence-electron chi connectivity index (χ4n) is 1.07. The first kappa shape index (κ1) is 11.7. The molecule has 0 atom stereocenters. The van der Waals surface area contributed by atoms with E-state index in [2.05, 4.69) is 10.3 Å². The van der Waals surface area contributed by atoms with E-state index in [0.29, 0.717) is 10.8 Å². The molecule has 4 heteroatoms. The van der Waals surface area contributed by atoms with Gasteiger partial charge >= 0.3 is 0 Å². The predicted octanol–water partition coefficient (Wildman–Crippen LogP) is 2.95. The summed E-state index contributed by atoms with van der Waals surface area (Å²) in [4.78, 5) is 15.3. The van der Waals surface area contributed by atoms with E-state index < -0.39 is 0 Å². The van der Waals surface area contributed by atoms with Crippen molar-refractivity contribution in [2.75, 3.05) is 5.32 Å². The zero-order valence-corrected chi connectivity index (χ0v) is 9.72. The molecule has 0 unspecified atom stereocenters. The molecule has 1 rings (SSSR count). The number of halogens is 1. The Morgan fingerprint density at radius 3 is 2.73 bits per heavy atom. The van der Waals surface area contributed by atoms with E-state index in [0.717, 1.165) is 11.1 Å². The van der Waals surface area contributed by atoms with Gasteiger partial charge in [-0.25, -0.2) is 4.98 Å². The second-order valence-corrected chi connectivity index (χ2v) is 3.90. The van der Waals surface area contributed by atoms with Crippen LogP contribution in [0, 0.1) is 6.92 Å². The predicted molar refractivity (Wildman–Crippen MR) is 62.0 cm³/mol. The zero-order valence-electron chi connectivity index (χ0n) is 8.97. The minimum atomic E-state index is -0.154. The van der Waals surface area contributed by atoms with E-state index >= 15 is 0 Å². The van der Waals surface area contributed by atoms with Crippen LogP contribution < -0.4 is 5.32 Å². The summed E-state index contributed by atoms with van der Waals surface area (Å²) in [5.74, 6) is -0.154. The Labute approximate surface area is 94.2 Å². The van der Waals surface area contributed by atoms with Crippen LogP contribution >= 0.6 is 11.6 Å². The maximum absolute atomic E-state index is 11.4. The molecule has 0 aliphatic rings. The Bertz CT molecular complexity index is 409. The molecule has 1 N–H and O–H groups in total. The van der Waals surface area contributed by atoms with Gasteiger partial charge in [0.25, 0.3) is 0 Å². The molecule has 0 saturated heterocycles. The summed E-state index contributed by atoms with van der Waals surface area (Å²) in [5, 5.41) is 3.16. The molecule has 1 aromatic heterocycles. The van der Waals surface area contributed by atoms with Gasteiger partial charge in [-0.1, -0.05) is 17.2 Å². The average Bonchev–Trinajstić information content (AvgIpc) is 2.10. The van der Waals surface area contributed by atoms with Crippen LogP contribution in [0.5, 0.6) is 0 Å². The quantitative estimate of drug-likeness (QED) is 0.620. The molecule has 0 bridgehead atoms. The molecule has 0 aliphatic heterocycles. The molecule has 3 nitrogen and oxygen atoms in total. The number of aromatic nitrogens is 1. The lowest BCUT2D eigenvalue weighted by molar-refractivity contribution is -0.111. The van der Waals surface area contributed by atoms with Gasteiger partial charge < -0.3 is 5.32 Å². The number of nitrogens with one attached hydrogen (secondary N) is 1. The van der Waals surface area contributed by atoms with Crippen molar-refractivity contribution < 1.29 is 4.79 Å². The third-order valence-electron chi connectivity index (χ3n) is 1.70. The van der Waals surface area contributed by atoms with Gasteiger partial charge in [0.2, 0.25) is 5.91 Å². The van der Waals surface area contributed by atoms with E-state index in [4.69, 9.17) is 11.6 Å². The number of hydrogen-bond acceptors (Lipinski definition) is 2. The lowest BCUT2D eigenvalue weighted by Crippen LogP contribution is -2.08. The molecule has 1 aromatic rings. The van der Waals surface area contributed by atoms with Gasteiger partial charge in [-0.05, 0) is 32.4 Å². The van der Waals surface area contributed by atoms with E-state index in [1.807, 2.05) is 20.8 Å². The molecule has 0 saturated carbocycles. The normalized spacial score (nSPS) is 9.60. The summed E-state index contributed by atoms with van der Waals surface area (Å²) in [6, 6.07) is 1.78. The van der Waals surface area contributed by atoms with Crippen LogP contribution in [0.2, 0.25) is 5.15 Å². The second-order valence-electron chi connectivity index (χ2n) is 3.54. The van der Waals surface area contributed by atoms with Crippen molar-refractivity contribution in [1.29, 1.82) is 0 Å². The Balaban J connectivity index is 2.78. The Hall–Kier alpha value is -1.35. The Morgan fingerprint density at radius 1 is 1.53 bits per heavy atom. The first-order chi connectivity index (χ1) is 6.99. The summed E-state index contributed by atoms with van der Waals surface area (Å²) < 4.78 is 0. The number of allylic oxidation sites excluding steroid dienone is 1. The van der Waals surface area contributed by atoms with E-state index in [1.165, 1.54) is 12.3 Å². The highest BCUT2D eigenvalue weighted by molar-refractivity contribution is 6.30. The maximum Gasteiger partial charge on any atom is 0.248 e. The lowest BCUT2D eigenvalue weighted by Gasteiger charge is -2.03. The molecule has 0 radical (unpaired) electrons. The number of pyridine rings is 1. The van der Waals surface area contributed by atoms with Crippen molar-refractivity contribution >= 4 is 23.2 Å². The molecule has 80 valence electrons. The maximum atomic E-state index is 11.4. The number of carbonyl (C=O) groups is 1. The monoisotopic (exact) mass is 224 g/mol. The van der Waals surface area contributed by atoms with Gasteiger partial charge in [0.05, 0.1) is 11.9 Å². The van der Waals surface area contributed by atoms with Crippen LogP contribution in [0.4, 0.5) is 5.69 Å². The third kappa shape index (κ3) is 3.72. The van der Waals surface area contributed by atoms with Crippen molar-refractivity contribution in [1.82, 2.24) is 4.98 Å². The summed E-state index contributed by atoms with van der Waals surface area (Å²) in [6.45, 7) is 5.57. The molecule has 1 heterocycles. The number of hydrogen-bond donors (Lipinski definition) is 1. The smallest absolute Gasteiger partial charge is 0.248 e. The second kappa shape index (κ2) is 4.94. The number of carbonyl (C=O) groups excluding carboxylic acids is 1. The molecule has 0 fully saturated rings. The van der Waals surface area contributed by atoms with Gasteiger partial charge in [-0.2, -0.15) is 0 Å². The lowest BCUT2D eigenvalue weighted by atomic mass is 10.3. The highest BCUT2D eigenvalue weighted by atomic mass is 35.5. The fourth-order valence-corrected chi connectivity index (χ4v) is 1.17. The van der Waals surface area contributed by atoms with E-state index in [1.54, 1.807) is 6.07 Å². The highest BCUT2D eigenvalue weighted by Gasteiger charge is 2.01. The number of rotatable bonds is 2. The SMILES string of the molecule is CC(C)=CC(=O)Nc1cnc(Cl)c(C)c1. The molecule has 0 aromatic carbocycles. The molecule has 1 amide bonds. The minimum absolute atomic E-state index is 0.154. The Morgan fingerprint density at radius 2 is 2.20 bits per heavy atom. The minimum Gasteiger partial charge on any atom is -0.321 e. The van der Waals surface area contributed by atoms with Crippen molar-refractivity contribution in [3.8, 4) is 0 Å². The van der Waals surface area contributed by atoms with Crippen LogP contribution in [-0.4, -0.2) is 10.9 Å². The van der Waals surface area contributed by atoms with Crippen LogP contribution in [0.15, 0.2) is 23.9 Å². The van der Waals surface area contributed by atoms with Gasteiger partial charge in [-0.3, -0.25) is 4.79 Å². The van der Waals surface area contributed by atoms with Crippen molar-refractivity contribution in [3.63, 3.8) is 0 Å². The highest BCUT2D eigenvalue weighted by Crippen LogP contribution is 2.15. The average molecular weight is 225 g/mol. The third-order valence-corrected chi connectivity index (χ3v) is 2.10. The van der Waals surface area contributed by atoms with E-state index in [9.17, 15) is 4.79 Å². The van der Waals surface area contributed by atoms with Crippen molar-refractivity contribution in [2.24, 2.45) is 0 Å². The van der Waals surface area contributed by atoms with Gasteiger partial charge in [0, 0.05) is 6.08 Å². The Kier molecular flexibility index (Phi) is 3.86. The first-order valence-corrected chi connectivity index (χ1v) is 4.95. The molecular formula is C11H13ClN2O. The standard InChI is InChI=1S/C11H13ClN2O/c1-7(2)4-10(15)14-9-5-8(3)11(12)13-6-9/h4-6H,1-3H3,(H,14,15). The fraction of sp³-hybridized carbons (Fsp3) is 0.273. The van der Waals surface area contributed by atoms with Crippen LogP contribution in [-0.2, 0) is 4.79 Å². The largest absolute Gasteiger partial charge is 0.321 e. The molecular weight excluding hydrogens is 212 g/mol. The summed E-state index contributed by atoms with van der Waals surface area (Å²) in [6.07, 6.45) is 3.07. The van der Waals surface area contributed by atoms with Gasteiger partial charge in [0.15, 0.2) is 0 Å². The topological polar surface area (TPSA) is 42.0 Å². The van der Waals surface area contributed by atoms with Crippen LogP contribution in [0.1, 0.15) is 19.4 Å². The summed E-state index contributed by atoms with van der Waals surface area (Å²) >= 11 is 5.77. The molecule has 15 heavy (non-hydrogen) atoms. The van der Waals surface area contributed by atoms with Gasteiger partial charge in [0.1, 0.15) is 5.15 Å². The van der Waals surface area contributed by atoms with Gasteiger partial charge in [-0.15, -0.1) is 0 Å². The van der Waals surface area contributed by atoms with Crippen LogP contribution in [0.25, 0.3) is 0 Å². The molecule has 0 spiro atoms. The molecule has 0 aliphatic carbocycles. The summed E-state index contributed by atoms with van der Waals surface area (Å²) in [5.41, 5.74) is 2.44. The number of aryl methyl sites for hydroxylation is 1. The first-order valence-electron chi connectivity index (χ1n) is 4.57.